The summed E-state index contributed by atoms with van der Waals surface area (Å²) in [4.78, 5) is 0. The molecule has 0 amide bonds. The van der Waals surface area contributed by atoms with E-state index < -0.39 is 0 Å². The third-order valence-electron chi connectivity index (χ3n) is 2.73. The van der Waals surface area contributed by atoms with Crippen molar-refractivity contribution in [2.75, 3.05) is 12.4 Å². The van der Waals surface area contributed by atoms with Crippen molar-refractivity contribution in [2.24, 2.45) is 5.92 Å². The third kappa shape index (κ3) is 5.12. The van der Waals surface area contributed by atoms with E-state index in [1.165, 1.54) is 18.6 Å². The smallest absolute Gasteiger partial charge is 0.124 e. The third-order valence-corrected chi connectivity index (χ3v) is 4.05. The molecule has 1 atom stereocenters. The summed E-state index contributed by atoms with van der Waals surface area (Å²) in [5.41, 5.74) is 1.71. The van der Waals surface area contributed by atoms with Gasteiger partial charge < -0.3 is 5.11 Å². The highest BCUT2D eigenvalue weighted by Gasteiger charge is 2.04. The van der Waals surface area contributed by atoms with Crippen LogP contribution in [-0.4, -0.2) is 17.5 Å². The van der Waals surface area contributed by atoms with E-state index >= 15 is 0 Å². The number of benzene rings is 1. The summed E-state index contributed by atoms with van der Waals surface area (Å²) >= 11 is 1.84. The van der Waals surface area contributed by atoms with Crippen molar-refractivity contribution >= 4 is 11.8 Å². The summed E-state index contributed by atoms with van der Waals surface area (Å²) in [7, 11) is 0. The molecule has 0 spiro atoms. The van der Waals surface area contributed by atoms with Crippen LogP contribution in [0.25, 0.3) is 0 Å². The van der Waals surface area contributed by atoms with Gasteiger partial charge in [0.2, 0.25) is 0 Å². The lowest BCUT2D eigenvalue weighted by Gasteiger charge is -2.09. The molecule has 1 aromatic rings. The molecule has 0 aliphatic heterocycles. The summed E-state index contributed by atoms with van der Waals surface area (Å²) in [6.45, 7) is 4.21. The first-order valence-corrected chi connectivity index (χ1v) is 7.28. The Bertz CT molecular complexity index is 434. The average Bonchev–Trinajstić information content (AvgIpc) is 2.38. The van der Waals surface area contributed by atoms with Crippen LogP contribution in [0.5, 0.6) is 0 Å². The van der Waals surface area contributed by atoms with Crippen LogP contribution >= 0.6 is 11.8 Å². The minimum absolute atomic E-state index is 0.198. The molecule has 0 aliphatic carbocycles. The zero-order valence-corrected chi connectivity index (χ0v) is 11.7. The minimum atomic E-state index is -0.284. The minimum Gasteiger partial charge on any atom is -0.384 e. The molecular weight excluding hydrogens is 247 g/mol. The van der Waals surface area contributed by atoms with Gasteiger partial charge in [-0.2, -0.15) is 11.8 Å². The molecule has 18 heavy (non-hydrogen) atoms. The maximum atomic E-state index is 13.1. The SMILES string of the molecule is CCC(C)CSCc1ccc(F)cc1C#CCO. The molecule has 0 heterocycles. The summed E-state index contributed by atoms with van der Waals surface area (Å²) in [6, 6.07) is 4.67. The van der Waals surface area contributed by atoms with Gasteiger partial charge in [-0.3, -0.25) is 0 Å². The molecule has 0 aliphatic rings. The van der Waals surface area contributed by atoms with Gasteiger partial charge in [0.25, 0.3) is 0 Å². The van der Waals surface area contributed by atoms with Crippen LogP contribution in [0, 0.1) is 23.6 Å². The molecule has 1 aromatic carbocycles. The van der Waals surface area contributed by atoms with Crippen LogP contribution in [0.15, 0.2) is 18.2 Å². The van der Waals surface area contributed by atoms with Crippen LogP contribution in [0.2, 0.25) is 0 Å². The fraction of sp³-hybridized carbons (Fsp3) is 0.467. The van der Waals surface area contributed by atoms with Crippen LogP contribution in [0.4, 0.5) is 4.39 Å². The number of rotatable bonds is 5. The second-order valence-electron chi connectivity index (χ2n) is 4.29. The Morgan fingerprint density at radius 3 is 2.89 bits per heavy atom. The Morgan fingerprint density at radius 1 is 1.44 bits per heavy atom. The average molecular weight is 266 g/mol. The maximum Gasteiger partial charge on any atom is 0.124 e. The second-order valence-corrected chi connectivity index (χ2v) is 5.32. The molecule has 0 saturated carbocycles. The second kappa shape index (κ2) is 8.18. The van der Waals surface area contributed by atoms with Crippen LogP contribution in [0.1, 0.15) is 31.4 Å². The quantitative estimate of drug-likeness (QED) is 0.824. The van der Waals surface area contributed by atoms with Crippen molar-refractivity contribution in [3.63, 3.8) is 0 Å². The van der Waals surface area contributed by atoms with Crippen molar-refractivity contribution in [3.05, 3.63) is 35.1 Å². The van der Waals surface area contributed by atoms with Crippen LogP contribution < -0.4 is 0 Å². The molecule has 1 N–H and O–H groups in total. The number of thioether (sulfide) groups is 1. The van der Waals surface area contributed by atoms with Gasteiger partial charge in [0.15, 0.2) is 0 Å². The molecule has 0 fully saturated rings. The van der Waals surface area contributed by atoms with E-state index in [0.717, 1.165) is 17.1 Å². The van der Waals surface area contributed by atoms with E-state index in [-0.39, 0.29) is 12.4 Å². The van der Waals surface area contributed by atoms with E-state index in [0.29, 0.717) is 11.5 Å². The standard InChI is InChI=1S/C15H19FOS/c1-3-12(2)10-18-11-14-6-7-15(16)9-13(14)5-4-8-17/h6-7,9,12,17H,3,8,10-11H2,1-2H3. The molecule has 0 aromatic heterocycles. The number of hydrogen-bond donors (Lipinski definition) is 1. The lowest BCUT2D eigenvalue weighted by Crippen LogP contribution is -1.97. The van der Waals surface area contributed by atoms with Crippen molar-refractivity contribution < 1.29 is 9.50 Å². The highest BCUT2D eigenvalue weighted by atomic mass is 32.2. The Labute approximate surface area is 113 Å². The predicted molar refractivity (Wildman–Crippen MR) is 76.0 cm³/mol. The Morgan fingerprint density at radius 2 is 2.22 bits per heavy atom. The highest BCUT2D eigenvalue weighted by molar-refractivity contribution is 7.98. The summed E-state index contributed by atoms with van der Waals surface area (Å²) in [5.74, 6) is 7.72. The highest BCUT2D eigenvalue weighted by Crippen LogP contribution is 2.20. The van der Waals surface area contributed by atoms with E-state index in [1.54, 1.807) is 6.07 Å². The summed E-state index contributed by atoms with van der Waals surface area (Å²) in [5, 5.41) is 8.70. The molecule has 3 heteroatoms. The monoisotopic (exact) mass is 266 g/mol. The first kappa shape index (κ1) is 15.1. The maximum absolute atomic E-state index is 13.1. The topological polar surface area (TPSA) is 20.2 Å². The number of aliphatic hydroxyl groups excluding tert-OH is 1. The van der Waals surface area contributed by atoms with Crippen molar-refractivity contribution in [3.8, 4) is 11.8 Å². The van der Waals surface area contributed by atoms with Gasteiger partial charge in [0.1, 0.15) is 12.4 Å². The molecular formula is C15H19FOS. The van der Waals surface area contributed by atoms with Gasteiger partial charge in [-0.15, -0.1) is 0 Å². The van der Waals surface area contributed by atoms with Crippen LogP contribution in [-0.2, 0) is 5.75 Å². The zero-order chi connectivity index (χ0) is 13.4. The van der Waals surface area contributed by atoms with Crippen LogP contribution in [0.3, 0.4) is 0 Å². The lowest BCUT2D eigenvalue weighted by molar-refractivity contribution is 0.350. The van der Waals surface area contributed by atoms with Crippen molar-refractivity contribution in [2.45, 2.75) is 26.0 Å². The fourth-order valence-electron chi connectivity index (χ4n) is 1.41. The van der Waals surface area contributed by atoms with Gasteiger partial charge in [-0.1, -0.05) is 38.2 Å². The normalized spacial score (nSPS) is 11.8. The van der Waals surface area contributed by atoms with Gasteiger partial charge >= 0.3 is 0 Å². The van der Waals surface area contributed by atoms with E-state index in [4.69, 9.17) is 5.11 Å². The van der Waals surface area contributed by atoms with Gasteiger partial charge in [-0.25, -0.2) is 4.39 Å². The van der Waals surface area contributed by atoms with Gasteiger partial charge in [0, 0.05) is 11.3 Å². The zero-order valence-electron chi connectivity index (χ0n) is 10.9. The van der Waals surface area contributed by atoms with Gasteiger partial charge in [0.05, 0.1) is 0 Å². The number of aliphatic hydroxyl groups is 1. The lowest BCUT2D eigenvalue weighted by atomic mass is 10.1. The summed E-state index contributed by atoms with van der Waals surface area (Å²) < 4.78 is 13.1. The molecule has 0 saturated heterocycles. The first-order chi connectivity index (χ1) is 8.67. The summed E-state index contributed by atoms with van der Waals surface area (Å²) in [6.07, 6.45) is 1.17. The van der Waals surface area contributed by atoms with E-state index in [2.05, 4.69) is 25.7 Å². The Kier molecular flexibility index (Phi) is 6.85. The molecule has 1 nitrogen and oxygen atoms in total. The molecule has 98 valence electrons. The molecule has 1 rings (SSSR count). The predicted octanol–water partition coefficient (Wildman–Crippen LogP) is 3.45. The Hall–Kier alpha value is -0.980. The molecule has 0 bridgehead atoms. The number of hydrogen-bond acceptors (Lipinski definition) is 2. The first-order valence-electron chi connectivity index (χ1n) is 6.13. The molecule has 1 unspecified atom stereocenters. The Balaban J connectivity index is 2.69. The van der Waals surface area contributed by atoms with E-state index in [9.17, 15) is 4.39 Å². The van der Waals surface area contributed by atoms with Crippen molar-refractivity contribution in [1.29, 1.82) is 0 Å². The van der Waals surface area contributed by atoms with E-state index in [1.807, 2.05) is 11.8 Å². The van der Waals surface area contributed by atoms with Gasteiger partial charge in [-0.05, 0) is 29.4 Å². The number of halogens is 1. The van der Waals surface area contributed by atoms with Crippen molar-refractivity contribution in [1.82, 2.24) is 0 Å². The fourth-order valence-corrected chi connectivity index (χ4v) is 2.64. The molecule has 0 radical (unpaired) electrons. The largest absolute Gasteiger partial charge is 0.384 e.